The lowest BCUT2D eigenvalue weighted by molar-refractivity contribution is -0.136. The zero-order chi connectivity index (χ0) is 47.3. The van der Waals surface area contributed by atoms with Crippen molar-refractivity contribution in [1.29, 1.82) is 0 Å². The summed E-state index contributed by atoms with van der Waals surface area (Å²) in [5, 5.41) is 2.62. The topological polar surface area (TPSA) is 221 Å². The Morgan fingerprint density at radius 2 is 1.60 bits per heavy atom. The van der Waals surface area contributed by atoms with E-state index in [0.29, 0.717) is 60.7 Å². The Balaban J connectivity index is 0.791. The van der Waals surface area contributed by atoms with Gasteiger partial charge in [-0.15, -0.1) is 0 Å². The molecule has 350 valence electrons. The SMILES string of the molecule is CCN(C)S(=O)(=O)Nc1ccc(F)c(C(=O)c2c[nH]c3ncc(-c4cnc(N5CCN(C(=O)CC6CCN(c7ccc8c(c7)n(C)c(=O)n8C7CCC(=O)NC7=O)CC6)CC5)nc4)cc23)c1F. The number of hydrogen-bond donors (Lipinski definition) is 3. The summed E-state index contributed by atoms with van der Waals surface area (Å²) in [6, 6.07) is 8.40. The van der Waals surface area contributed by atoms with Crippen molar-refractivity contribution in [2.75, 3.05) is 67.4 Å². The van der Waals surface area contributed by atoms with Crippen LogP contribution in [0, 0.1) is 17.6 Å². The molecule has 6 aromatic rings. The van der Waals surface area contributed by atoms with Crippen LogP contribution >= 0.6 is 0 Å². The highest BCUT2D eigenvalue weighted by molar-refractivity contribution is 7.90. The molecule has 3 N–H and O–H groups in total. The number of aryl methyl sites for hydroxylation is 1. The molecular weight excluding hydrogens is 891 g/mol. The highest BCUT2D eigenvalue weighted by atomic mass is 32.2. The van der Waals surface area contributed by atoms with Crippen molar-refractivity contribution in [2.45, 2.75) is 45.1 Å². The fourth-order valence-corrected chi connectivity index (χ4v) is 9.98. The van der Waals surface area contributed by atoms with Crippen molar-refractivity contribution < 1.29 is 36.4 Å². The van der Waals surface area contributed by atoms with Crippen molar-refractivity contribution >= 4 is 73.1 Å². The van der Waals surface area contributed by atoms with Crippen LogP contribution in [0.2, 0.25) is 0 Å². The van der Waals surface area contributed by atoms with Gasteiger partial charge >= 0.3 is 15.9 Å². The highest BCUT2D eigenvalue weighted by Gasteiger charge is 2.33. The molecule has 0 saturated carbocycles. The fourth-order valence-electron chi connectivity index (χ4n) is 9.05. The number of amides is 3. The first-order valence-electron chi connectivity index (χ1n) is 22.0. The van der Waals surface area contributed by atoms with Crippen molar-refractivity contribution in [3.63, 3.8) is 0 Å². The molecule has 7 heterocycles. The molecule has 0 aliphatic carbocycles. The van der Waals surface area contributed by atoms with Crippen LogP contribution in [0.5, 0.6) is 0 Å². The maximum Gasteiger partial charge on any atom is 0.329 e. The number of carbonyl (C=O) groups is 4. The number of rotatable bonds is 12. The number of benzene rings is 2. The Morgan fingerprint density at radius 1 is 0.881 bits per heavy atom. The van der Waals surface area contributed by atoms with Crippen LogP contribution in [0.1, 0.15) is 61.0 Å². The summed E-state index contributed by atoms with van der Waals surface area (Å²) in [6.45, 7) is 5.27. The van der Waals surface area contributed by atoms with Gasteiger partial charge in [-0.3, -0.25) is 38.4 Å². The first-order chi connectivity index (χ1) is 32.1. The van der Waals surface area contributed by atoms with Crippen LogP contribution in [0.15, 0.2) is 66.0 Å². The summed E-state index contributed by atoms with van der Waals surface area (Å²) >= 11 is 0. The molecule has 3 fully saturated rings. The van der Waals surface area contributed by atoms with Crippen molar-refractivity contribution in [1.82, 2.24) is 43.6 Å². The molecule has 0 radical (unpaired) electrons. The van der Waals surface area contributed by atoms with Gasteiger partial charge in [0.15, 0.2) is 5.82 Å². The van der Waals surface area contributed by atoms with E-state index in [1.807, 2.05) is 28.0 Å². The molecule has 1 atom stereocenters. The summed E-state index contributed by atoms with van der Waals surface area (Å²) in [6.07, 6.45) is 8.62. The van der Waals surface area contributed by atoms with Crippen molar-refractivity contribution in [3.05, 3.63) is 94.4 Å². The summed E-state index contributed by atoms with van der Waals surface area (Å²) in [4.78, 5) is 87.3. The van der Waals surface area contributed by atoms with E-state index in [9.17, 15) is 32.4 Å². The third-order valence-electron chi connectivity index (χ3n) is 13.1. The maximum absolute atomic E-state index is 15.6. The minimum Gasteiger partial charge on any atom is -0.371 e. The average Bonchev–Trinajstić information content (AvgIpc) is 3.86. The summed E-state index contributed by atoms with van der Waals surface area (Å²) < 4.78 is 61.8. The molecule has 3 amide bonds. The number of H-pyrrole nitrogens is 1. The first kappa shape index (κ1) is 45.1. The molecule has 0 spiro atoms. The third-order valence-corrected chi connectivity index (χ3v) is 14.7. The number of halogens is 2. The zero-order valence-corrected chi connectivity index (χ0v) is 37.8. The Kier molecular flexibility index (Phi) is 12.1. The minimum absolute atomic E-state index is 0.0751. The Bertz CT molecular complexity index is 3120. The van der Waals surface area contributed by atoms with Crippen LogP contribution in [0.3, 0.4) is 0 Å². The second-order valence-corrected chi connectivity index (χ2v) is 18.9. The fraction of sp³-hybridized carbons (Fsp3) is 0.378. The number of pyridine rings is 1. The van der Waals surface area contributed by atoms with E-state index in [4.69, 9.17) is 0 Å². The lowest BCUT2D eigenvalue weighted by Gasteiger charge is -2.37. The van der Waals surface area contributed by atoms with Gasteiger partial charge in [-0.25, -0.2) is 28.5 Å². The maximum atomic E-state index is 15.6. The van der Waals surface area contributed by atoms with E-state index in [2.05, 4.69) is 34.9 Å². The summed E-state index contributed by atoms with van der Waals surface area (Å²) in [5.74, 6) is -3.52. The number of fused-ring (bicyclic) bond motifs is 2. The summed E-state index contributed by atoms with van der Waals surface area (Å²) in [7, 11) is -1.19. The quantitative estimate of drug-likeness (QED) is 0.118. The van der Waals surface area contributed by atoms with Crippen molar-refractivity contribution in [2.24, 2.45) is 13.0 Å². The predicted octanol–water partition coefficient (Wildman–Crippen LogP) is 3.72. The molecule has 1 unspecified atom stereocenters. The highest BCUT2D eigenvalue weighted by Crippen LogP contribution is 2.32. The van der Waals surface area contributed by atoms with Gasteiger partial charge in [0.2, 0.25) is 29.5 Å². The zero-order valence-electron chi connectivity index (χ0n) is 37.0. The van der Waals surface area contributed by atoms with Gasteiger partial charge in [0.25, 0.3) is 0 Å². The largest absolute Gasteiger partial charge is 0.371 e. The lowest BCUT2D eigenvalue weighted by atomic mass is 9.92. The number of anilines is 3. The van der Waals surface area contributed by atoms with E-state index < -0.39 is 50.8 Å². The number of nitrogens with zero attached hydrogens (tertiary/aromatic N) is 9. The van der Waals surface area contributed by atoms with Gasteiger partial charge in [-0.05, 0) is 61.6 Å². The van der Waals surface area contributed by atoms with Crippen LogP contribution in [0.25, 0.3) is 33.2 Å². The van der Waals surface area contributed by atoms with Gasteiger partial charge in [0.1, 0.15) is 17.5 Å². The lowest BCUT2D eigenvalue weighted by Crippen LogP contribution is -2.49. The number of hydrogen-bond acceptors (Lipinski definition) is 12. The second kappa shape index (κ2) is 18.0. The number of carbonyl (C=O) groups excluding carboxylic acids is 4. The number of imidazole rings is 1. The monoisotopic (exact) mass is 938 g/mol. The number of aromatic nitrogens is 6. The van der Waals surface area contributed by atoms with E-state index in [0.717, 1.165) is 48.1 Å². The Morgan fingerprint density at radius 3 is 2.30 bits per heavy atom. The molecule has 67 heavy (non-hydrogen) atoms. The van der Waals surface area contributed by atoms with Crippen LogP contribution in [-0.2, 0) is 31.6 Å². The van der Waals surface area contributed by atoms with Gasteiger partial charge < -0.3 is 19.7 Å². The smallest absolute Gasteiger partial charge is 0.329 e. The van der Waals surface area contributed by atoms with E-state index in [1.54, 1.807) is 38.6 Å². The van der Waals surface area contributed by atoms with Crippen LogP contribution < -0.4 is 25.5 Å². The van der Waals surface area contributed by atoms with Gasteiger partial charge in [-0.1, -0.05) is 6.92 Å². The van der Waals surface area contributed by atoms with Crippen LogP contribution in [-0.4, -0.2) is 123 Å². The number of nitrogens with one attached hydrogen (secondary N) is 3. The van der Waals surface area contributed by atoms with Crippen LogP contribution in [0.4, 0.5) is 26.1 Å². The first-order valence-corrected chi connectivity index (χ1v) is 23.4. The molecule has 19 nitrogen and oxygen atoms in total. The van der Waals surface area contributed by atoms with E-state index in [-0.39, 0.29) is 59.4 Å². The Labute approximate surface area is 383 Å². The van der Waals surface area contributed by atoms with E-state index in [1.165, 1.54) is 22.4 Å². The minimum atomic E-state index is -4.16. The molecular formula is C45H48F2N12O7S. The molecule has 3 saturated heterocycles. The standard InChI is InChI=1S/C45H48F2N12O7S/c1-4-54(2)67(65,66)53-33-7-6-32(46)39(40(33)47)41(62)31-25-49-42-30(31)20-27(22-48-42)28-23-50-44(51-24-28)58-17-15-57(16-18-58)38(61)19-26-11-13-56(14-12-26)29-5-8-34-36(21-29)55(3)45(64)59(34)35-9-10-37(60)52-43(35)63/h5-8,20-26,35,53H,4,9-19H2,1-3H3,(H,48,49)(H,52,60,63). The number of ketones is 1. The second-order valence-electron chi connectivity index (χ2n) is 17.1. The number of imide groups is 1. The number of aromatic amines is 1. The van der Waals surface area contributed by atoms with Gasteiger partial charge in [0.05, 0.1) is 22.3 Å². The average molecular weight is 939 g/mol. The molecule has 4 aromatic heterocycles. The molecule has 9 rings (SSSR count). The molecule has 3 aliphatic heterocycles. The van der Waals surface area contributed by atoms with E-state index >= 15 is 8.78 Å². The van der Waals surface area contributed by atoms with Gasteiger partial charge in [0, 0.05) is 125 Å². The summed E-state index contributed by atoms with van der Waals surface area (Å²) in [5.41, 5.74) is 1.80. The number of piperidine rings is 2. The third kappa shape index (κ3) is 8.61. The molecule has 0 bridgehead atoms. The molecule has 2 aromatic carbocycles. The molecule has 3 aliphatic rings. The van der Waals surface area contributed by atoms with Gasteiger partial charge in [-0.2, -0.15) is 12.7 Å². The van der Waals surface area contributed by atoms with Crippen molar-refractivity contribution in [3.8, 4) is 11.1 Å². The normalized spacial score (nSPS) is 17.5. The molecule has 22 heteroatoms. The Hall–Kier alpha value is -7.07. The number of piperazine rings is 1. The predicted molar refractivity (Wildman–Crippen MR) is 245 cm³/mol.